The third-order valence-electron chi connectivity index (χ3n) is 2.87. The molecule has 1 unspecified atom stereocenters. The van der Waals surface area contributed by atoms with Crippen molar-refractivity contribution in [3.63, 3.8) is 0 Å². The average molecular weight is 299 g/mol. The second-order valence-corrected chi connectivity index (χ2v) is 5.00. The molecule has 2 rings (SSSR count). The standard InChI is InChI=1S/C12H15BrN2O2/c13-10-3-1-2-4-11(10)15-6-5-14-9(8-15)7-12(16)17/h1-4,9,14H,5-8H2,(H,16,17). The first-order chi connectivity index (χ1) is 8.16. The van der Waals surface area contributed by atoms with Crippen LogP contribution in [0, 0.1) is 0 Å². The number of benzene rings is 1. The molecule has 0 saturated carbocycles. The van der Waals surface area contributed by atoms with Crippen LogP contribution in [0.25, 0.3) is 0 Å². The number of rotatable bonds is 3. The van der Waals surface area contributed by atoms with Crippen LogP contribution in [0.5, 0.6) is 0 Å². The van der Waals surface area contributed by atoms with Crippen molar-refractivity contribution in [3.05, 3.63) is 28.7 Å². The predicted octanol–water partition coefficient (Wildman–Crippen LogP) is 1.70. The molecule has 0 spiro atoms. The highest BCUT2D eigenvalue weighted by atomic mass is 79.9. The van der Waals surface area contributed by atoms with Gasteiger partial charge in [-0.2, -0.15) is 0 Å². The molecule has 92 valence electrons. The number of carboxylic acid groups (broad SMARTS) is 1. The quantitative estimate of drug-likeness (QED) is 0.892. The van der Waals surface area contributed by atoms with Crippen molar-refractivity contribution in [2.24, 2.45) is 0 Å². The summed E-state index contributed by atoms with van der Waals surface area (Å²) < 4.78 is 1.05. The zero-order valence-electron chi connectivity index (χ0n) is 9.40. The molecule has 1 aromatic rings. The van der Waals surface area contributed by atoms with Crippen LogP contribution in [-0.2, 0) is 4.79 Å². The first-order valence-electron chi connectivity index (χ1n) is 5.61. The molecule has 0 radical (unpaired) electrons. The second-order valence-electron chi connectivity index (χ2n) is 4.15. The van der Waals surface area contributed by atoms with Gasteiger partial charge < -0.3 is 15.3 Å². The number of aliphatic carboxylic acids is 1. The topological polar surface area (TPSA) is 52.6 Å². The van der Waals surface area contributed by atoms with Crippen LogP contribution in [0.15, 0.2) is 28.7 Å². The third-order valence-corrected chi connectivity index (χ3v) is 3.54. The summed E-state index contributed by atoms with van der Waals surface area (Å²) in [5, 5.41) is 12.0. The molecule has 1 aromatic carbocycles. The molecular formula is C12H15BrN2O2. The Labute approximate surface area is 109 Å². The Kier molecular flexibility index (Phi) is 4.02. The van der Waals surface area contributed by atoms with Gasteiger partial charge in [0.1, 0.15) is 0 Å². The number of para-hydroxylation sites is 1. The van der Waals surface area contributed by atoms with Gasteiger partial charge >= 0.3 is 5.97 Å². The summed E-state index contributed by atoms with van der Waals surface area (Å²) >= 11 is 3.52. The van der Waals surface area contributed by atoms with Crippen molar-refractivity contribution in [3.8, 4) is 0 Å². The Hall–Kier alpha value is -1.07. The number of nitrogens with zero attached hydrogens (tertiary/aromatic N) is 1. The predicted molar refractivity (Wildman–Crippen MR) is 70.4 cm³/mol. The normalized spacial score (nSPS) is 20.3. The van der Waals surface area contributed by atoms with Crippen molar-refractivity contribution in [1.29, 1.82) is 0 Å². The van der Waals surface area contributed by atoms with E-state index < -0.39 is 5.97 Å². The van der Waals surface area contributed by atoms with E-state index in [1.165, 1.54) is 0 Å². The zero-order chi connectivity index (χ0) is 12.3. The fourth-order valence-electron chi connectivity index (χ4n) is 2.10. The highest BCUT2D eigenvalue weighted by Crippen LogP contribution is 2.26. The smallest absolute Gasteiger partial charge is 0.304 e. The van der Waals surface area contributed by atoms with Gasteiger partial charge in [0.25, 0.3) is 0 Å². The summed E-state index contributed by atoms with van der Waals surface area (Å²) in [6, 6.07) is 8.05. The lowest BCUT2D eigenvalue weighted by atomic mass is 10.1. The maximum atomic E-state index is 10.7. The fourth-order valence-corrected chi connectivity index (χ4v) is 2.64. The number of anilines is 1. The second kappa shape index (κ2) is 5.51. The Balaban J connectivity index is 2.07. The van der Waals surface area contributed by atoms with Crippen LogP contribution in [0.1, 0.15) is 6.42 Å². The molecule has 1 heterocycles. The molecule has 1 aliphatic heterocycles. The van der Waals surface area contributed by atoms with E-state index in [0.717, 1.165) is 29.8 Å². The van der Waals surface area contributed by atoms with Crippen LogP contribution >= 0.6 is 15.9 Å². The highest BCUT2D eigenvalue weighted by molar-refractivity contribution is 9.10. The van der Waals surface area contributed by atoms with E-state index in [0.29, 0.717) is 0 Å². The third kappa shape index (κ3) is 3.20. The molecule has 2 N–H and O–H groups in total. The van der Waals surface area contributed by atoms with E-state index in [2.05, 4.69) is 26.1 Å². The van der Waals surface area contributed by atoms with E-state index in [1.807, 2.05) is 24.3 Å². The van der Waals surface area contributed by atoms with Crippen molar-refractivity contribution in [2.75, 3.05) is 24.5 Å². The highest BCUT2D eigenvalue weighted by Gasteiger charge is 2.22. The monoisotopic (exact) mass is 298 g/mol. The van der Waals surface area contributed by atoms with Gasteiger partial charge in [-0.25, -0.2) is 0 Å². The maximum absolute atomic E-state index is 10.7. The Morgan fingerprint density at radius 2 is 2.29 bits per heavy atom. The van der Waals surface area contributed by atoms with Gasteiger partial charge in [0.2, 0.25) is 0 Å². The van der Waals surface area contributed by atoms with Gasteiger partial charge in [0.05, 0.1) is 12.1 Å². The molecule has 1 fully saturated rings. The number of hydrogen-bond acceptors (Lipinski definition) is 3. The number of nitrogens with one attached hydrogen (secondary N) is 1. The van der Waals surface area contributed by atoms with Gasteiger partial charge in [0.15, 0.2) is 0 Å². The summed E-state index contributed by atoms with van der Waals surface area (Å²) in [4.78, 5) is 12.9. The lowest BCUT2D eigenvalue weighted by Gasteiger charge is -2.35. The first-order valence-corrected chi connectivity index (χ1v) is 6.41. The minimum Gasteiger partial charge on any atom is -0.481 e. The number of carboxylic acids is 1. The van der Waals surface area contributed by atoms with Crippen LogP contribution in [0.4, 0.5) is 5.69 Å². The maximum Gasteiger partial charge on any atom is 0.304 e. The van der Waals surface area contributed by atoms with E-state index in [-0.39, 0.29) is 12.5 Å². The van der Waals surface area contributed by atoms with Crippen molar-refractivity contribution in [2.45, 2.75) is 12.5 Å². The zero-order valence-corrected chi connectivity index (χ0v) is 11.0. The molecule has 1 aliphatic rings. The van der Waals surface area contributed by atoms with Gasteiger partial charge in [-0.15, -0.1) is 0 Å². The number of piperazine rings is 1. The summed E-state index contributed by atoms with van der Waals surface area (Å²) in [6.07, 6.45) is 0.168. The van der Waals surface area contributed by atoms with Crippen LogP contribution in [0.2, 0.25) is 0 Å². The summed E-state index contributed by atoms with van der Waals surface area (Å²) in [5.74, 6) is -0.753. The van der Waals surface area contributed by atoms with Gasteiger partial charge in [-0.1, -0.05) is 12.1 Å². The Bertz CT molecular complexity index is 411. The molecular weight excluding hydrogens is 284 g/mol. The Morgan fingerprint density at radius 1 is 1.53 bits per heavy atom. The largest absolute Gasteiger partial charge is 0.481 e. The minimum absolute atomic E-state index is 0.0216. The molecule has 17 heavy (non-hydrogen) atoms. The first kappa shape index (κ1) is 12.4. The van der Waals surface area contributed by atoms with Crippen molar-refractivity contribution >= 4 is 27.6 Å². The number of hydrogen-bond donors (Lipinski definition) is 2. The van der Waals surface area contributed by atoms with Crippen molar-refractivity contribution in [1.82, 2.24) is 5.32 Å². The molecule has 4 nitrogen and oxygen atoms in total. The fraction of sp³-hybridized carbons (Fsp3) is 0.417. The lowest BCUT2D eigenvalue weighted by Crippen LogP contribution is -2.51. The van der Waals surface area contributed by atoms with E-state index in [9.17, 15) is 4.79 Å². The van der Waals surface area contributed by atoms with Gasteiger partial charge in [-0.3, -0.25) is 4.79 Å². The number of carbonyl (C=O) groups is 1. The molecule has 0 amide bonds. The van der Waals surface area contributed by atoms with Crippen LogP contribution < -0.4 is 10.2 Å². The van der Waals surface area contributed by atoms with Gasteiger partial charge in [-0.05, 0) is 28.1 Å². The van der Waals surface area contributed by atoms with Gasteiger partial charge in [0, 0.05) is 30.1 Å². The van der Waals surface area contributed by atoms with Crippen LogP contribution in [-0.4, -0.2) is 36.8 Å². The minimum atomic E-state index is -0.753. The van der Waals surface area contributed by atoms with E-state index in [1.54, 1.807) is 0 Å². The lowest BCUT2D eigenvalue weighted by molar-refractivity contribution is -0.137. The Morgan fingerprint density at radius 3 is 3.00 bits per heavy atom. The molecule has 1 saturated heterocycles. The molecule has 1 atom stereocenters. The SMILES string of the molecule is O=C(O)CC1CN(c2ccccc2Br)CCN1. The van der Waals surface area contributed by atoms with E-state index in [4.69, 9.17) is 5.11 Å². The summed E-state index contributed by atoms with van der Waals surface area (Å²) in [5.41, 5.74) is 1.13. The van der Waals surface area contributed by atoms with Crippen molar-refractivity contribution < 1.29 is 9.90 Å². The van der Waals surface area contributed by atoms with E-state index >= 15 is 0 Å². The summed E-state index contributed by atoms with van der Waals surface area (Å²) in [7, 11) is 0. The molecule has 0 bridgehead atoms. The summed E-state index contributed by atoms with van der Waals surface area (Å²) in [6.45, 7) is 2.45. The van der Waals surface area contributed by atoms with Crippen LogP contribution in [0.3, 0.4) is 0 Å². The molecule has 0 aromatic heterocycles. The average Bonchev–Trinajstić information content (AvgIpc) is 2.29. The number of halogens is 1. The molecule has 0 aliphatic carbocycles. The molecule has 5 heteroatoms.